The Morgan fingerprint density at radius 2 is 1.72 bits per heavy atom. The zero-order chi connectivity index (χ0) is 18.5. The molecule has 0 radical (unpaired) electrons. The Kier molecular flexibility index (Phi) is 3.60. The molecule has 126 valence electrons. The quantitative estimate of drug-likeness (QED) is 0.890. The van der Waals surface area contributed by atoms with Crippen LogP contribution in [0.3, 0.4) is 0 Å². The minimum atomic E-state index is -1.87. The molecule has 0 aliphatic carbocycles. The van der Waals surface area contributed by atoms with Gasteiger partial charge >= 0.3 is 0 Å². The van der Waals surface area contributed by atoms with Gasteiger partial charge in [0.15, 0.2) is 5.41 Å². The molecule has 3 rings (SSSR count). The van der Waals surface area contributed by atoms with E-state index in [0.717, 1.165) is 5.56 Å². The summed E-state index contributed by atoms with van der Waals surface area (Å²) in [6.07, 6.45) is -0.586. The van der Waals surface area contributed by atoms with Crippen LogP contribution in [0.5, 0.6) is 0 Å². The second-order valence-corrected chi connectivity index (χ2v) is 6.68. The molecule has 1 aromatic rings. The summed E-state index contributed by atoms with van der Waals surface area (Å²) in [6.45, 7) is 5.49. The summed E-state index contributed by atoms with van der Waals surface area (Å²) >= 11 is 0. The predicted octanol–water partition coefficient (Wildman–Crippen LogP) is 3.36. The van der Waals surface area contributed by atoms with Crippen molar-refractivity contribution >= 4 is 5.90 Å². The first-order valence-corrected chi connectivity index (χ1v) is 8.13. The Morgan fingerprint density at radius 1 is 1.12 bits per heavy atom. The molecule has 0 unspecified atom stereocenters. The highest BCUT2D eigenvalue weighted by atomic mass is 16.7. The molecule has 4 atom stereocenters. The summed E-state index contributed by atoms with van der Waals surface area (Å²) in [7, 11) is 0. The molecule has 0 spiro atoms. The zero-order valence-corrected chi connectivity index (χ0v) is 14.3. The van der Waals surface area contributed by atoms with Crippen LogP contribution in [-0.2, 0) is 9.47 Å². The summed E-state index contributed by atoms with van der Waals surface area (Å²) < 4.78 is 11.9. The summed E-state index contributed by atoms with van der Waals surface area (Å²) in [5.74, 6) is -2.18. The molecule has 2 saturated heterocycles. The number of aryl methyl sites for hydroxylation is 1. The van der Waals surface area contributed by atoms with E-state index >= 15 is 0 Å². The number of hydrogen-bond donors (Lipinski definition) is 1. The first-order chi connectivity index (χ1) is 11.9. The van der Waals surface area contributed by atoms with Crippen molar-refractivity contribution in [3.63, 3.8) is 0 Å². The molecule has 1 N–H and O–H groups in total. The number of hydrogen-bond acceptors (Lipinski definition) is 6. The third-order valence-electron chi connectivity index (χ3n) is 5.68. The maximum absolute atomic E-state index is 10.00. The third-order valence-corrected chi connectivity index (χ3v) is 5.68. The normalized spacial score (nSPS) is 35.1. The van der Waals surface area contributed by atoms with Crippen LogP contribution in [0.4, 0.5) is 0 Å². The lowest BCUT2D eigenvalue weighted by molar-refractivity contribution is -0.280. The molecule has 6 nitrogen and oxygen atoms in total. The minimum absolute atomic E-state index is 0.359. The van der Waals surface area contributed by atoms with Crippen molar-refractivity contribution in [1.82, 2.24) is 0 Å². The molecule has 0 amide bonds. The average molecular weight is 334 g/mol. The van der Waals surface area contributed by atoms with Gasteiger partial charge < -0.3 is 9.47 Å². The first kappa shape index (κ1) is 17.0. The van der Waals surface area contributed by atoms with E-state index in [1.165, 1.54) is 0 Å². The zero-order valence-electron chi connectivity index (χ0n) is 14.3. The summed E-state index contributed by atoms with van der Waals surface area (Å²) in [5, 5.41) is 38.3. The minimum Gasteiger partial charge on any atom is -0.447 e. The first-order valence-electron chi connectivity index (χ1n) is 8.13. The Bertz CT molecular complexity index is 843. The molecule has 0 saturated carbocycles. The fourth-order valence-electron chi connectivity index (χ4n) is 4.08. The van der Waals surface area contributed by atoms with Gasteiger partial charge in [-0.15, -0.1) is 0 Å². The van der Waals surface area contributed by atoms with Gasteiger partial charge in [0.25, 0.3) is 0 Å². The largest absolute Gasteiger partial charge is 0.447 e. The highest BCUT2D eigenvalue weighted by Gasteiger charge is 2.78. The van der Waals surface area contributed by atoms with Gasteiger partial charge in [-0.3, -0.25) is 5.41 Å². The van der Waals surface area contributed by atoms with Crippen LogP contribution in [0, 0.1) is 63.1 Å². The highest BCUT2D eigenvalue weighted by molar-refractivity contribution is 5.89. The Balaban J connectivity index is 2.32. The molecule has 2 heterocycles. The van der Waals surface area contributed by atoms with Crippen molar-refractivity contribution in [1.29, 1.82) is 21.2 Å². The monoisotopic (exact) mass is 334 g/mol. The number of benzene rings is 1. The van der Waals surface area contributed by atoms with Crippen molar-refractivity contribution in [3.8, 4) is 18.2 Å². The van der Waals surface area contributed by atoms with Crippen LogP contribution in [-0.4, -0.2) is 11.7 Å². The second-order valence-electron chi connectivity index (χ2n) is 6.68. The van der Waals surface area contributed by atoms with Gasteiger partial charge in [-0.05, 0) is 12.5 Å². The summed E-state index contributed by atoms with van der Waals surface area (Å²) in [5.41, 5.74) is -1.90. The Morgan fingerprint density at radius 3 is 2.20 bits per heavy atom. The van der Waals surface area contributed by atoms with Crippen molar-refractivity contribution < 1.29 is 9.47 Å². The van der Waals surface area contributed by atoms with Crippen LogP contribution < -0.4 is 0 Å². The van der Waals surface area contributed by atoms with Crippen molar-refractivity contribution in [2.75, 3.05) is 0 Å². The van der Waals surface area contributed by atoms with Crippen molar-refractivity contribution in [2.45, 2.75) is 39.1 Å². The van der Waals surface area contributed by atoms with Gasteiger partial charge in [0.1, 0.15) is 6.10 Å². The molecule has 2 aliphatic rings. The SMILES string of the molecule is CC[C@]12OC(=N)[C@](C#N)([C@H]1C)C(C#N)(C#N)[C@@H](c1ccc(C)cc1)O2. The maximum Gasteiger partial charge on any atom is 0.217 e. The molecule has 2 fully saturated rings. The van der Waals surface area contributed by atoms with Gasteiger partial charge in [0, 0.05) is 6.42 Å². The number of rotatable bonds is 2. The van der Waals surface area contributed by atoms with Crippen molar-refractivity contribution in [3.05, 3.63) is 35.4 Å². The number of nitrogens with zero attached hydrogens (tertiary/aromatic N) is 3. The molecule has 2 bridgehead atoms. The van der Waals surface area contributed by atoms with Gasteiger partial charge in [-0.1, -0.05) is 43.7 Å². The smallest absolute Gasteiger partial charge is 0.217 e. The fraction of sp³-hybridized carbons (Fsp3) is 0.474. The second kappa shape index (κ2) is 5.31. The lowest BCUT2D eigenvalue weighted by Gasteiger charge is -2.48. The predicted molar refractivity (Wildman–Crippen MR) is 87.7 cm³/mol. The van der Waals surface area contributed by atoms with E-state index in [0.29, 0.717) is 12.0 Å². The topological polar surface area (TPSA) is 114 Å². The molecule has 1 aromatic carbocycles. The molecule has 0 aromatic heterocycles. The van der Waals surface area contributed by atoms with Gasteiger partial charge in [-0.25, -0.2) is 0 Å². The van der Waals surface area contributed by atoms with Crippen LogP contribution in [0.15, 0.2) is 24.3 Å². The fourth-order valence-corrected chi connectivity index (χ4v) is 4.08. The number of fused-ring (bicyclic) bond motifs is 2. The van der Waals surface area contributed by atoms with Crippen LogP contribution in [0.1, 0.15) is 37.5 Å². The number of ether oxygens (including phenoxy) is 2. The molecule has 25 heavy (non-hydrogen) atoms. The Labute approximate surface area is 146 Å². The van der Waals surface area contributed by atoms with Crippen LogP contribution >= 0.6 is 0 Å². The number of nitriles is 3. The summed E-state index contributed by atoms with van der Waals surface area (Å²) in [6, 6.07) is 13.4. The van der Waals surface area contributed by atoms with E-state index in [4.69, 9.17) is 14.9 Å². The van der Waals surface area contributed by atoms with E-state index < -0.39 is 28.6 Å². The van der Waals surface area contributed by atoms with E-state index in [1.807, 2.05) is 38.1 Å². The van der Waals surface area contributed by atoms with Crippen LogP contribution in [0.2, 0.25) is 0 Å². The van der Waals surface area contributed by atoms with E-state index in [-0.39, 0.29) is 5.90 Å². The van der Waals surface area contributed by atoms with Crippen molar-refractivity contribution in [2.24, 2.45) is 16.7 Å². The Hall–Kier alpha value is -2.88. The van der Waals surface area contributed by atoms with E-state index in [1.54, 1.807) is 19.1 Å². The lowest BCUT2D eigenvalue weighted by Crippen LogP contribution is -2.58. The molecular weight excluding hydrogens is 316 g/mol. The molecule has 2 aliphatic heterocycles. The van der Waals surface area contributed by atoms with E-state index in [2.05, 4.69) is 6.07 Å². The maximum atomic E-state index is 10.00. The number of nitrogens with one attached hydrogen (secondary N) is 1. The third kappa shape index (κ3) is 1.77. The molecule has 6 heteroatoms. The summed E-state index contributed by atoms with van der Waals surface area (Å²) in [4.78, 5) is 0. The van der Waals surface area contributed by atoms with E-state index in [9.17, 15) is 15.8 Å². The lowest BCUT2D eigenvalue weighted by atomic mass is 9.53. The average Bonchev–Trinajstić information content (AvgIpc) is 2.79. The standard InChI is InChI=1S/C19H18N4O2/c1-4-19-13(3)18(11-22,16(23)25-19)17(9-20,10-21)15(24-19)14-7-5-12(2)6-8-14/h5-8,13,15,23H,4H2,1-3H3/t13-,15-,18+,19+/m1/s1. The van der Waals surface area contributed by atoms with Gasteiger partial charge in [-0.2, -0.15) is 15.8 Å². The highest BCUT2D eigenvalue weighted by Crippen LogP contribution is 2.66. The molecular formula is C19H18N4O2. The van der Waals surface area contributed by atoms with Gasteiger partial charge in [0.2, 0.25) is 17.1 Å². The van der Waals surface area contributed by atoms with Crippen LogP contribution in [0.25, 0.3) is 0 Å². The van der Waals surface area contributed by atoms with Gasteiger partial charge in [0.05, 0.1) is 24.1 Å².